The number of hydrogen-bond donors (Lipinski definition) is 2. The van der Waals surface area contributed by atoms with Crippen molar-refractivity contribution in [2.45, 2.75) is 38.3 Å². The van der Waals surface area contributed by atoms with Crippen LogP contribution in [0.1, 0.15) is 31.5 Å². The van der Waals surface area contributed by atoms with Gasteiger partial charge in [0.05, 0.1) is 19.1 Å². The Bertz CT molecular complexity index is 462. The molecule has 1 fully saturated rings. The topological polar surface area (TPSA) is 71.9 Å². The van der Waals surface area contributed by atoms with E-state index in [1.165, 1.54) is 0 Å². The number of carbonyl (C=O) groups is 1. The minimum Gasteiger partial charge on any atom is -0.378 e. The molecule has 1 aliphatic rings. The Balaban J connectivity index is 1.77. The van der Waals surface area contributed by atoms with Crippen LogP contribution >= 0.6 is 12.2 Å². The molecular weight excluding hydrogens is 252 g/mol. The molecule has 0 spiro atoms. The van der Waals surface area contributed by atoms with Crippen LogP contribution in [0.3, 0.4) is 0 Å². The number of carbonyl (C=O) groups excluding carboxylic acids is 1. The number of nitrogens with zero attached hydrogens (tertiary/aromatic N) is 2. The molecule has 0 aliphatic carbocycles. The summed E-state index contributed by atoms with van der Waals surface area (Å²) in [6.45, 7) is 1.15. The molecule has 0 saturated carbocycles. The standard InChI is InChI=1S/C11H18N4O2S/c1-15-9(13-14-11(15)18)7-12-10(16)6-8-4-2-3-5-17-8/h8H,2-7H2,1H3,(H,12,16)(H,14,18). The van der Waals surface area contributed by atoms with E-state index in [1.54, 1.807) is 4.57 Å². The SMILES string of the molecule is Cn1c(CNC(=O)CC2CCCCO2)n[nH]c1=S. The minimum absolute atomic E-state index is 0.00387. The van der Waals surface area contributed by atoms with Crippen molar-refractivity contribution in [1.82, 2.24) is 20.1 Å². The number of amides is 1. The van der Waals surface area contributed by atoms with Gasteiger partial charge in [0.15, 0.2) is 10.6 Å². The number of rotatable bonds is 4. The monoisotopic (exact) mass is 270 g/mol. The Labute approximate surface area is 111 Å². The highest BCUT2D eigenvalue weighted by Gasteiger charge is 2.17. The summed E-state index contributed by atoms with van der Waals surface area (Å²) < 4.78 is 7.82. The van der Waals surface area contributed by atoms with Gasteiger partial charge in [-0.1, -0.05) is 0 Å². The van der Waals surface area contributed by atoms with Gasteiger partial charge in [-0.3, -0.25) is 9.89 Å². The third kappa shape index (κ3) is 3.39. The van der Waals surface area contributed by atoms with Crippen LogP contribution in [-0.4, -0.2) is 33.4 Å². The molecule has 0 aromatic carbocycles. The van der Waals surface area contributed by atoms with Crippen LogP contribution in [0, 0.1) is 4.77 Å². The molecular formula is C11H18N4O2S. The second kappa shape index (κ2) is 6.10. The van der Waals surface area contributed by atoms with E-state index in [4.69, 9.17) is 17.0 Å². The number of ether oxygens (including phenoxy) is 1. The molecule has 1 amide bonds. The van der Waals surface area contributed by atoms with Crippen molar-refractivity contribution >= 4 is 18.1 Å². The Kier molecular flexibility index (Phi) is 4.48. The Morgan fingerprint density at radius 1 is 1.67 bits per heavy atom. The molecule has 1 aliphatic heterocycles. The molecule has 1 unspecified atom stereocenters. The summed E-state index contributed by atoms with van der Waals surface area (Å²) in [5.74, 6) is 0.716. The van der Waals surface area contributed by atoms with E-state index >= 15 is 0 Å². The quantitative estimate of drug-likeness (QED) is 0.802. The number of H-pyrrole nitrogens is 1. The number of aromatic amines is 1. The van der Waals surface area contributed by atoms with Gasteiger partial charge in [-0.05, 0) is 31.5 Å². The first-order valence-corrected chi connectivity index (χ1v) is 6.56. The van der Waals surface area contributed by atoms with Gasteiger partial charge in [0.1, 0.15) is 0 Å². The second-order valence-electron chi connectivity index (χ2n) is 4.47. The highest BCUT2D eigenvalue weighted by Crippen LogP contribution is 2.15. The molecule has 2 heterocycles. The van der Waals surface area contributed by atoms with Gasteiger partial charge in [-0.15, -0.1) is 0 Å². The fraction of sp³-hybridized carbons (Fsp3) is 0.727. The van der Waals surface area contributed by atoms with Crippen LogP contribution in [0.15, 0.2) is 0 Å². The van der Waals surface area contributed by atoms with Crippen LogP contribution in [-0.2, 0) is 23.1 Å². The summed E-state index contributed by atoms with van der Waals surface area (Å²) in [5, 5.41) is 9.55. The molecule has 0 bridgehead atoms. The van der Waals surface area contributed by atoms with Crippen molar-refractivity contribution in [2.24, 2.45) is 7.05 Å². The van der Waals surface area contributed by atoms with E-state index in [-0.39, 0.29) is 12.0 Å². The average Bonchev–Trinajstić information content (AvgIpc) is 2.69. The van der Waals surface area contributed by atoms with Crippen LogP contribution in [0.25, 0.3) is 0 Å². The van der Waals surface area contributed by atoms with Crippen LogP contribution in [0.5, 0.6) is 0 Å². The maximum atomic E-state index is 11.7. The molecule has 1 atom stereocenters. The van der Waals surface area contributed by atoms with Crippen molar-refractivity contribution in [2.75, 3.05) is 6.61 Å². The van der Waals surface area contributed by atoms with E-state index in [2.05, 4.69) is 15.5 Å². The van der Waals surface area contributed by atoms with Gasteiger partial charge in [-0.25, -0.2) is 0 Å². The van der Waals surface area contributed by atoms with Gasteiger partial charge in [-0.2, -0.15) is 5.10 Å². The lowest BCUT2D eigenvalue weighted by molar-refractivity contribution is -0.125. The van der Waals surface area contributed by atoms with Crippen molar-refractivity contribution in [3.63, 3.8) is 0 Å². The number of hydrogen-bond acceptors (Lipinski definition) is 4. The normalized spacial score (nSPS) is 19.7. The highest BCUT2D eigenvalue weighted by atomic mass is 32.1. The average molecular weight is 270 g/mol. The van der Waals surface area contributed by atoms with E-state index in [0.717, 1.165) is 31.7 Å². The zero-order valence-electron chi connectivity index (χ0n) is 10.4. The molecule has 7 heteroatoms. The molecule has 18 heavy (non-hydrogen) atoms. The van der Waals surface area contributed by atoms with E-state index < -0.39 is 0 Å². The highest BCUT2D eigenvalue weighted by molar-refractivity contribution is 7.71. The second-order valence-corrected chi connectivity index (χ2v) is 4.86. The van der Waals surface area contributed by atoms with Crippen LogP contribution in [0.4, 0.5) is 0 Å². The smallest absolute Gasteiger partial charge is 0.222 e. The van der Waals surface area contributed by atoms with E-state index in [0.29, 0.717) is 17.7 Å². The molecule has 2 rings (SSSR count). The number of aromatic nitrogens is 3. The van der Waals surface area contributed by atoms with Gasteiger partial charge in [0.2, 0.25) is 5.91 Å². The predicted molar refractivity (Wildman–Crippen MR) is 68.4 cm³/mol. The summed E-state index contributed by atoms with van der Waals surface area (Å²) >= 11 is 5.00. The third-order valence-corrected chi connectivity index (χ3v) is 3.47. The Morgan fingerprint density at radius 3 is 3.11 bits per heavy atom. The first-order valence-electron chi connectivity index (χ1n) is 6.15. The third-order valence-electron chi connectivity index (χ3n) is 3.10. The largest absolute Gasteiger partial charge is 0.378 e. The Hall–Kier alpha value is -1.21. The lowest BCUT2D eigenvalue weighted by Gasteiger charge is -2.21. The number of nitrogens with one attached hydrogen (secondary N) is 2. The molecule has 0 radical (unpaired) electrons. The maximum absolute atomic E-state index is 11.7. The van der Waals surface area contributed by atoms with E-state index in [1.807, 2.05) is 7.05 Å². The first-order chi connectivity index (χ1) is 8.66. The van der Waals surface area contributed by atoms with Gasteiger partial charge in [0.25, 0.3) is 0 Å². The predicted octanol–water partition coefficient (Wildman–Crippen LogP) is 1.05. The molecule has 1 saturated heterocycles. The van der Waals surface area contributed by atoms with Gasteiger partial charge in [0, 0.05) is 13.7 Å². The maximum Gasteiger partial charge on any atom is 0.222 e. The minimum atomic E-state index is -0.00387. The van der Waals surface area contributed by atoms with Crippen molar-refractivity contribution < 1.29 is 9.53 Å². The van der Waals surface area contributed by atoms with Crippen LogP contribution in [0.2, 0.25) is 0 Å². The summed E-state index contributed by atoms with van der Waals surface area (Å²) in [6.07, 6.45) is 3.71. The molecule has 2 N–H and O–H groups in total. The fourth-order valence-corrected chi connectivity index (χ4v) is 2.11. The van der Waals surface area contributed by atoms with Gasteiger partial charge < -0.3 is 14.6 Å². The zero-order valence-corrected chi connectivity index (χ0v) is 11.3. The zero-order chi connectivity index (χ0) is 13.0. The lowest BCUT2D eigenvalue weighted by atomic mass is 10.1. The Morgan fingerprint density at radius 2 is 2.50 bits per heavy atom. The molecule has 1 aromatic heterocycles. The van der Waals surface area contributed by atoms with Crippen molar-refractivity contribution in [3.05, 3.63) is 10.6 Å². The fourth-order valence-electron chi connectivity index (χ4n) is 1.96. The lowest BCUT2D eigenvalue weighted by Crippen LogP contribution is -2.30. The first kappa shape index (κ1) is 13.2. The van der Waals surface area contributed by atoms with E-state index in [9.17, 15) is 4.79 Å². The molecule has 1 aromatic rings. The summed E-state index contributed by atoms with van der Waals surface area (Å²) in [6, 6.07) is 0. The van der Waals surface area contributed by atoms with Crippen molar-refractivity contribution in [1.29, 1.82) is 0 Å². The summed E-state index contributed by atoms with van der Waals surface area (Å²) in [4.78, 5) is 11.7. The van der Waals surface area contributed by atoms with Crippen molar-refractivity contribution in [3.8, 4) is 0 Å². The van der Waals surface area contributed by atoms with Gasteiger partial charge >= 0.3 is 0 Å². The summed E-state index contributed by atoms with van der Waals surface area (Å²) in [7, 11) is 1.82. The van der Waals surface area contributed by atoms with Crippen LogP contribution < -0.4 is 5.32 Å². The molecule has 100 valence electrons. The summed E-state index contributed by atoms with van der Waals surface area (Å²) in [5.41, 5.74) is 0. The molecule has 6 nitrogen and oxygen atoms in total.